The molecule has 2 aliphatic heterocycles. The van der Waals surface area contributed by atoms with Gasteiger partial charge in [-0.3, -0.25) is 9.59 Å². The Morgan fingerprint density at radius 2 is 1.72 bits per heavy atom. The summed E-state index contributed by atoms with van der Waals surface area (Å²) in [6.07, 6.45) is 3.93. The molecule has 0 unspecified atom stereocenters. The summed E-state index contributed by atoms with van der Waals surface area (Å²) in [5.41, 5.74) is 6.39. The quantitative estimate of drug-likeness (QED) is 0.357. The number of anilines is 4. The van der Waals surface area contributed by atoms with E-state index >= 15 is 0 Å². The number of nitrogens with one attached hydrogen (secondary N) is 4. The van der Waals surface area contributed by atoms with Gasteiger partial charge in [-0.2, -0.15) is 0 Å². The minimum atomic E-state index is -0.240. The van der Waals surface area contributed by atoms with Crippen LogP contribution in [0.15, 0.2) is 60.7 Å². The number of benzene rings is 3. The van der Waals surface area contributed by atoms with Gasteiger partial charge >= 0.3 is 0 Å². The number of rotatable bonds is 8. The van der Waals surface area contributed by atoms with Gasteiger partial charge in [0.2, 0.25) is 0 Å². The van der Waals surface area contributed by atoms with Gasteiger partial charge < -0.3 is 26.2 Å². The van der Waals surface area contributed by atoms with Gasteiger partial charge in [-0.15, -0.1) is 0 Å². The summed E-state index contributed by atoms with van der Waals surface area (Å²) in [5.74, 6) is -0.419. The number of aryl methyl sites for hydroxylation is 1. The van der Waals surface area contributed by atoms with Gasteiger partial charge in [-0.25, -0.2) is 0 Å². The van der Waals surface area contributed by atoms with Gasteiger partial charge in [0.25, 0.3) is 11.8 Å². The summed E-state index contributed by atoms with van der Waals surface area (Å²) < 4.78 is 0. The molecule has 186 valence electrons. The fourth-order valence-electron chi connectivity index (χ4n) is 4.92. The summed E-state index contributed by atoms with van der Waals surface area (Å²) in [5, 5.41) is 12.7. The molecule has 0 radical (unpaired) electrons. The summed E-state index contributed by atoms with van der Waals surface area (Å²) in [4.78, 5) is 28.1. The van der Waals surface area contributed by atoms with E-state index in [1.807, 2.05) is 55.5 Å². The van der Waals surface area contributed by atoms with Crippen LogP contribution in [0.3, 0.4) is 0 Å². The molecule has 1 saturated heterocycles. The maximum atomic E-state index is 13.0. The van der Waals surface area contributed by atoms with Gasteiger partial charge in [0, 0.05) is 47.8 Å². The van der Waals surface area contributed by atoms with E-state index < -0.39 is 0 Å². The highest BCUT2D eigenvalue weighted by Crippen LogP contribution is 2.33. The molecule has 7 nitrogen and oxygen atoms in total. The molecule has 0 bridgehead atoms. The first kappa shape index (κ1) is 23.9. The van der Waals surface area contributed by atoms with Crippen molar-refractivity contribution in [2.75, 3.05) is 42.1 Å². The maximum Gasteiger partial charge on any atom is 0.255 e. The normalized spacial score (nSPS) is 15.2. The number of fused-ring (bicyclic) bond motifs is 1. The minimum Gasteiger partial charge on any atom is -0.384 e. The molecule has 0 spiro atoms. The average Bonchev–Trinajstić information content (AvgIpc) is 3.29. The lowest BCUT2D eigenvalue weighted by molar-refractivity contribution is 0.0966. The van der Waals surface area contributed by atoms with E-state index in [0.717, 1.165) is 41.3 Å². The van der Waals surface area contributed by atoms with Crippen molar-refractivity contribution in [3.05, 3.63) is 82.9 Å². The van der Waals surface area contributed by atoms with E-state index in [1.165, 1.54) is 32.4 Å². The van der Waals surface area contributed by atoms with E-state index in [0.29, 0.717) is 23.4 Å². The van der Waals surface area contributed by atoms with E-state index in [-0.39, 0.29) is 11.8 Å². The number of amides is 2. The van der Waals surface area contributed by atoms with Crippen LogP contribution in [0.1, 0.15) is 51.1 Å². The number of nitrogens with zero attached hydrogens (tertiary/aromatic N) is 1. The zero-order chi connectivity index (χ0) is 24.9. The second-order valence-corrected chi connectivity index (χ2v) is 9.55. The minimum absolute atomic E-state index is 0.179. The van der Waals surface area contributed by atoms with E-state index in [1.54, 1.807) is 6.07 Å². The topological polar surface area (TPSA) is 85.5 Å². The van der Waals surface area contributed by atoms with Gasteiger partial charge in [0.05, 0.1) is 11.3 Å². The summed E-state index contributed by atoms with van der Waals surface area (Å²) in [6, 6.07) is 19.3. The van der Waals surface area contributed by atoms with Gasteiger partial charge in [-0.05, 0) is 86.9 Å². The van der Waals surface area contributed by atoms with Crippen molar-refractivity contribution >= 4 is 34.6 Å². The summed E-state index contributed by atoms with van der Waals surface area (Å²) in [7, 11) is 0. The zero-order valence-electron chi connectivity index (χ0n) is 20.7. The third-order valence-corrected chi connectivity index (χ3v) is 6.86. The maximum absolute atomic E-state index is 13.0. The molecule has 5 rings (SSSR count). The molecule has 1 fully saturated rings. The second-order valence-electron chi connectivity index (χ2n) is 9.55. The van der Waals surface area contributed by atoms with Gasteiger partial charge in [0.1, 0.15) is 0 Å². The lowest BCUT2D eigenvalue weighted by atomic mass is 10.0. The largest absolute Gasteiger partial charge is 0.384 e. The number of carbonyl (C=O) groups is 2. The first-order valence-corrected chi connectivity index (χ1v) is 12.7. The predicted octanol–water partition coefficient (Wildman–Crippen LogP) is 5.13. The lowest BCUT2D eigenvalue weighted by Crippen LogP contribution is -2.33. The van der Waals surface area contributed by atoms with E-state index in [9.17, 15) is 9.59 Å². The average molecular weight is 484 g/mol. The highest BCUT2D eigenvalue weighted by molar-refractivity contribution is 6.11. The first-order chi connectivity index (χ1) is 17.6. The monoisotopic (exact) mass is 483 g/mol. The Morgan fingerprint density at radius 1 is 0.944 bits per heavy atom. The molecule has 36 heavy (non-hydrogen) atoms. The fourth-order valence-corrected chi connectivity index (χ4v) is 4.92. The molecule has 4 N–H and O–H groups in total. The van der Waals surface area contributed by atoms with E-state index in [2.05, 4.69) is 32.2 Å². The van der Waals surface area contributed by atoms with E-state index in [4.69, 9.17) is 0 Å². The van der Waals surface area contributed by atoms with Crippen LogP contribution in [0.2, 0.25) is 0 Å². The molecular weight excluding hydrogens is 450 g/mol. The molecule has 2 heterocycles. The second kappa shape index (κ2) is 10.8. The molecule has 2 amide bonds. The third kappa shape index (κ3) is 5.52. The SMILES string of the molecule is Cc1cccc(Nc2ccc(NC(=O)c3ccc(NCCN4CCCCC4)cc3)c3c2CNC3=O)c1. The highest BCUT2D eigenvalue weighted by Gasteiger charge is 2.26. The van der Waals surface area contributed by atoms with Gasteiger partial charge in [-0.1, -0.05) is 18.6 Å². The molecule has 2 aliphatic rings. The highest BCUT2D eigenvalue weighted by atomic mass is 16.2. The van der Waals surface area contributed by atoms with Crippen LogP contribution in [-0.4, -0.2) is 42.9 Å². The molecule has 3 aromatic carbocycles. The molecule has 3 aromatic rings. The third-order valence-electron chi connectivity index (χ3n) is 6.86. The molecular formula is C29H33N5O2. The predicted molar refractivity (Wildman–Crippen MR) is 145 cm³/mol. The van der Waals surface area contributed by atoms with Crippen LogP contribution in [0.25, 0.3) is 0 Å². The molecule has 0 saturated carbocycles. The van der Waals surface area contributed by atoms with Crippen molar-refractivity contribution in [2.24, 2.45) is 0 Å². The van der Waals surface area contributed by atoms with Crippen LogP contribution >= 0.6 is 0 Å². The van der Waals surface area contributed by atoms with Crippen molar-refractivity contribution in [1.82, 2.24) is 10.2 Å². The number of likely N-dealkylation sites (tertiary alicyclic amines) is 1. The Balaban J connectivity index is 1.24. The van der Waals surface area contributed by atoms with Crippen LogP contribution < -0.4 is 21.3 Å². The fraction of sp³-hybridized carbons (Fsp3) is 0.310. The Morgan fingerprint density at radius 3 is 2.50 bits per heavy atom. The molecule has 7 heteroatoms. The molecule has 0 atom stereocenters. The van der Waals surface area contributed by atoms with Crippen molar-refractivity contribution in [3.63, 3.8) is 0 Å². The molecule has 0 aliphatic carbocycles. The zero-order valence-corrected chi connectivity index (χ0v) is 20.7. The Bertz CT molecular complexity index is 1250. The van der Waals surface area contributed by atoms with Crippen LogP contribution in [-0.2, 0) is 6.54 Å². The van der Waals surface area contributed by atoms with Gasteiger partial charge in [0.15, 0.2) is 0 Å². The number of hydrogen-bond acceptors (Lipinski definition) is 5. The van der Waals surface area contributed by atoms with Crippen LogP contribution in [0.4, 0.5) is 22.7 Å². The van der Waals surface area contributed by atoms with Crippen molar-refractivity contribution < 1.29 is 9.59 Å². The smallest absolute Gasteiger partial charge is 0.255 e. The summed E-state index contributed by atoms with van der Waals surface area (Å²) >= 11 is 0. The van der Waals surface area contributed by atoms with Crippen molar-refractivity contribution in [1.29, 1.82) is 0 Å². The first-order valence-electron chi connectivity index (χ1n) is 12.7. The summed E-state index contributed by atoms with van der Waals surface area (Å²) in [6.45, 7) is 6.75. The lowest BCUT2D eigenvalue weighted by Gasteiger charge is -2.26. The molecule has 0 aromatic heterocycles. The van der Waals surface area contributed by atoms with Crippen molar-refractivity contribution in [3.8, 4) is 0 Å². The standard InChI is InChI=1S/C29H33N5O2/c1-20-6-5-7-23(18-20)32-25-12-13-26(27-24(25)19-31-29(27)36)33-28(35)21-8-10-22(11-9-21)30-14-17-34-15-3-2-4-16-34/h5-13,18,30,32H,2-4,14-17,19H2,1H3,(H,31,36)(H,33,35). The number of hydrogen-bond donors (Lipinski definition) is 4. The Kier molecular flexibility index (Phi) is 7.18. The van der Waals surface area contributed by atoms with Crippen molar-refractivity contribution in [2.45, 2.75) is 32.7 Å². The Hall–Kier alpha value is -3.84. The Labute approximate surface area is 212 Å². The number of carbonyl (C=O) groups excluding carboxylic acids is 2. The van der Waals surface area contributed by atoms with Crippen LogP contribution in [0.5, 0.6) is 0 Å². The van der Waals surface area contributed by atoms with Crippen LogP contribution in [0, 0.1) is 6.92 Å². The number of piperidine rings is 1.